The lowest BCUT2D eigenvalue weighted by Crippen LogP contribution is -2.36. The number of rotatable bonds is 3. The van der Waals surface area contributed by atoms with Gasteiger partial charge >= 0.3 is 5.69 Å². The van der Waals surface area contributed by atoms with Crippen LogP contribution in [0.1, 0.15) is 11.8 Å². The Bertz CT molecular complexity index is 518. The van der Waals surface area contributed by atoms with Crippen LogP contribution in [-0.4, -0.2) is 55.0 Å². The maximum absolute atomic E-state index is 11.8. The number of hydrogen-bond donors (Lipinski definition) is 5. The van der Waals surface area contributed by atoms with Crippen LogP contribution in [0.4, 0.5) is 5.82 Å². The number of nitrogens with zero attached hydrogens (tertiary/aromatic N) is 2. The number of nitrogens with one attached hydrogen (secondary N) is 1. The minimum Gasteiger partial charge on any atom is -0.394 e. The van der Waals surface area contributed by atoms with Gasteiger partial charge in [0, 0.05) is 11.8 Å². The molecule has 5 N–H and O–H groups in total. The summed E-state index contributed by atoms with van der Waals surface area (Å²) in [7, 11) is 0. The number of ether oxygens (including phenoxy) is 1. The second-order valence-electron chi connectivity index (χ2n) is 4.30. The van der Waals surface area contributed by atoms with Gasteiger partial charge in [-0.25, -0.2) is 4.79 Å². The maximum Gasteiger partial charge on any atom is 0.351 e. The number of aromatic nitrogens is 2. The van der Waals surface area contributed by atoms with E-state index in [-0.39, 0.29) is 5.82 Å². The smallest absolute Gasteiger partial charge is 0.351 e. The van der Waals surface area contributed by atoms with Crippen LogP contribution in [0, 0.1) is 6.92 Å². The largest absolute Gasteiger partial charge is 0.394 e. The molecule has 1 aliphatic rings. The summed E-state index contributed by atoms with van der Waals surface area (Å²) in [5, 5.41) is 37.2. The van der Waals surface area contributed by atoms with Gasteiger partial charge in [0.25, 0.3) is 0 Å². The van der Waals surface area contributed by atoms with E-state index in [9.17, 15) is 15.0 Å². The molecule has 9 heteroatoms. The minimum atomic E-state index is -1.36. The molecule has 0 aromatic carbocycles. The van der Waals surface area contributed by atoms with Gasteiger partial charge in [0.05, 0.1) is 6.61 Å². The van der Waals surface area contributed by atoms with Gasteiger partial charge in [-0.2, -0.15) is 4.98 Å². The van der Waals surface area contributed by atoms with E-state index in [1.54, 1.807) is 12.4 Å². The van der Waals surface area contributed by atoms with Gasteiger partial charge in [0.2, 0.25) is 0 Å². The van der Waals surface area contributed by atoms with Gasteiger partial charge in [-0.1, -0.05) is 0 Å². The van der Waals surface area contributed by atoms with Crippen LogP contribution >= 0.6 is 0 Å². The number of aliphatic hydroxyl groups excluding tert-OH is 3. The summed E-state index contributed by atoms with van der Waals surface area (Å²) in [4.78, 5) is 15.3. The molecule has 9 nitrogen and oxygen atoms in total. The van der Waals surface area contributed by atoms with Crippen molar-refractivity contribution in [3.8, 4) is 0 Å². The molecule has 1 aromatic rings. The molecule has 19 heavy (non-hydrogen) atoms. The second-order valence-corrected chi connectivity index (χ2v) is 4.30. The van der Waals surface area contributed by atoms with Crippen LogP contribution < -0.4 is 11.2 Å². The minimum absolute atomic E-state index is 0.00649. The van der Waals surface area contributed by atoms with Crippen molar-refractivity contribution in [3.05, 3.63) is 22.2 Å². The fourth-order valence-electron chi connectivity index (χ4n) is 1.97. The summed E-state index contributed by atoms with van der Waals surface area (Å²) in [5.74, 6) is -0.00649. The Morgan fingerprint density at radius 3 is 2.68 bits per heavy atom. The average molecular weight is 273 g/mol. The van der Waals surface area contributed by atoms with Crippen LogP contribution in [0.3, 0.4) is 0 Å². The molecule has 0 bridgehead atoms. The van der Waals surface area contributed by atoms with E-state index in [0.29, 0.717) is 5.56 Å². The van der Waals surface area contributed by atoms with Gasteiger partial charge in [-0.15, -0.1) is 0 Å². The highest BCUT2D eigenvalue weighted by molar-refractivity contribution is 5.38. The Morgan fingerprint density at radius 1 is 1.47 bits per heavy atom. The van der Waals surface area contributed by atoms with E-state index in [2.05, 4.69) is 4.98 Å². The molecule has 2 unspecified atom stereocenters. The Hall–Kier alpha value is -1.52. The molecule has 0 radical (unpaired) electrons. The molecule has 106 valence electrons. The first-order valence-corrected chi connectivity index (χ1v) is 5.62. The summed E-state index contributed by atoms with van der Waals surface area (Å²) in [5.41, 5.74) is 1.45. The van der Waals surface area contributed by atoms with Gasteiger partial charge in [-0.05, 0) is 6.92 Å². The van der Waals surface area contributed by atoms with E-state index >= 15 is 0 Å². The lowest BCUT2D eigenvalue weighted by molar-refractivity contribution is -0.0550. The molecule has 4 atom stereocenters. The Morgan fingerprint density at radius 2 is 2.16 bits per heavy atom. The summed E-state index contributed by atoms with van der Waals surface area (Å²) in [6.45, 7) is 1.11. The van der Waals surface area contributed by atoms with Gasteiger partial charge < -0.3 is 20.1 Å². The number of aryl methyl sites for hydroxylation is 1. The van der Waals surface area contributed by atoms with Crippen LogP contribution in [0.25, 0.3) is 0 Å². The third-order valence-electron chi connectivity index (χ3n) is 3.03. The summed E-state index contributed by atoms with van der Waals surface area (Å²) < 4.78 is 6.22. The highest BCUT2D eigenvalue weighted by atomic mass is 16.6. The van der Waals surface area contributed by atoms with Crippen LogP contribution in [0.5, 0.6) is 0 Å². The first-order chi connectivity index (χ1) is 8.99. The fourth-order valence-corrected chi connectivity index (χ4v) is 1.97. The molecule has 0 aliphatic carbocycles. The average Bonchev–Trinajstić information content (AvgIpc) is 2.68. The Kier molecular flexibility index (Phi) is 3.83. The second kappa shape index (κ2) is 5.23. The zero-order valence-electron chi connectivity index (χ0n) is 10.1. The van der Waals surface area contributed by atoms with E-state index in [1.807, 2.05) is 0 Å². The Balaban J connectivity index is 2.38. The van der Waals surface area contributed by atoms with Gasteiger partial charge in [0.15, 0.2) is 12.0 Å². The number of hydrogen-bond acceptors (Lipinski definition) is 8. The van der Waals surface area contributed by atoms with Crippen LogP contribution in [0.2, 0.25) is 0 Å². The topological polar surface area (TPSA) is 137 Å². The van der Waals surface area contributed by atoms with Crippen molar-refractivity contribution < 1.29 is 25.3 Å². The molecule has 1 aliphatic heterocycles. The summed E-state index contributed by atoms with van der Waals surface area (Å²) >= 11 is 0. The van der Waals surface area contributed by atoms with Gasteiger partial charge in [0.1, 0.15) is 18.3 Å². The molecule has 1 fully saturated rings. The lowest BCUT2D eigenvalue weighted by atomic mass is 10.1. The van der Waals surface area contributed by atoms with E-state index in [4.69, 9.17) is 15.1 Å². The van der Waals surface area contributed by atoms with E-state index in [0.717, 1.165) is 4.57 Å². The monoisotopic (exact) mass is 273 g/mol. The van der Waals surface area contributed by atoms with Crippen molar-refractivity contribution in [3.63, 3.8) is 0 Å². The first-order valence-electron chi connectivity index (χ1n) is 5.62. The van der Waals surface area contributed by atoms with Crippen molar-refractivity contribution in [1.29, 1.82) is 0 Å². The summed E-state index contributed by atoms with van der Waals surface area (Å²) in [6, 6.07) is 0. The number of anilines is 1. The van der Waals surface area contributed by atoms with Crippen molar-refractivity contribution in [2.75, 3.05) is 12.1 Å². The predicted octanol–water partition coefficient (Wildman–Crippen LogP) is -2.04. The third-order valence-corrected chi connectivity index (χ3v) is 3.03. The highest BCUT2D eigenvalue weighted by Gasteiger charge is 2.43. The molecular formula is C10H15N3O6. The van der Waals surface area contributed by atoms with Crippen LogP contribution in [-0.2, 0) is 4.74 Å². The third kappa shape index (κ3) is 2.33. The molecule has 0 spiro atoms. The quantitative estimate of drug-likeness (QED) is 0.397. The molecule has 1 aromatic heterocycles. The molecule has 2 heterocycles. The first kappa shape index (κ1) is 13.9. The highest BCUT2D eigenvalue weighted by Crippen LogP contribution is 2.28. The Labute approximate surface area is 107 Å². The van der Waals surface area contributed by atoms with E-state index < -0.39 is 36.8 Å². The van der Waals surface area contributed by atoms with Crippen LogP contribution in [0.15, 0.2) is 11.0 Å². The molecule has 2 rings (SSSR count). The van der Waals surface area contributed by atoms with Crippen molar-refractivity contribution >= 4 is 5.82 Å². The van der Waals surface area contributed by atoms with Crippen molar-refractivity contribution in [2.45, 2.75) is 31.5 Å². The molecule has 1 saturated heterocycles. The SMILES string of the molecule is Cc1cn([C@@H]2O[C@H](CO)C(O)C2O)c(=O)nc1NO. The standard InChI is InChI=1S/C10H15N3O6/c1-4-2-13(10(17)11-8(4)12-18)9-7(16)6(15)5(3-14)19-9/h2,5-7,9,14-16,18H,3H2,1H3,(H,11,12,17)/t5-,6?,7?,9-/m1/s1. The van der Waals surface area contributed by atoms with Crippen molar-refractivity contribution in [1.82, 2.24) is 9.55 Å². The fraction of sp³-hybridized carbons (Fsp3) is 0.600. The zero-order chi connectivity index (χ0) is 14.2. The zero-order valence-corrected chi connectivity index (χ0v) is 10.1. The van der Waals surface area contributed by atoms with Crippen molar-refractivity contribution in [2.24, 2.45) is 0 Å². The lowest BCUT2D eigenvalue weighted by Gasteiger charge is -2.18. The predicted molar refractivity (Wildman–Crippen MR) is 61.7 cm³/mol. The molecule has 0 amide bonds. The molecular weight excluding hydrogens is 258 g/mol. The van der Waals surface area contributed by atoms with E-state index in [1.165, 1.54) is 6.20 Å². The normalized spacial score (nSPS) is 30.6. The molecule has 0 saturated carbocycles. The maximum atomic E-state index is 11.8. The van der Waals surface area contributed by atoms with Gasteiger partial charge in [-0.3, -0.25) is 15.3 Å². The number of aliphatic hydroxyl groups is 3. The summed E-state index contributed by atoms with van der Waals surface area (Å²) in [6.07, 6.45) is -3.43.